The number of carbonyl (C=O) groups is 1. The largest absolute Gasteiger partial charge is 0.493 e. The van der Waals surface area contributed by atoms with Crippen LogP contribution in [0.25, 0.3) is 0 Å². The van der Waals surface area contributed by atoms with Gasteiger partial charge in [-0.2, -0.15) is 8.42 Å². The molecular weight excluding hydrogens is 260 g/mol. The molecule has 1 aromatic rings. The summed E-state index contributed by atoms with van der Waals surface area (Å²) in [4.78, 5) is 10.8. The van der Waals surface area contributed by atoms with Gasteiger partial charge >= 0.3 is 0 Å². The molecule has 0 spiro atoms. The number of benzene rings is 1. The van der Waals surface area contributed by atoms with Crippen molar-refractivity contribution < 1.29 is 27.2 Å². The molecule has 1 rings (SSSR count). The molecule has 7 heteroatoms. The van der Waals surface area contributed by atoms with Crippen LogP contribution in [0.1, 0.15) is 17.3 Å². The van der Waals surface area contributed by atoms with Crippen molar-refractivity contribution in [2.45, 2.75) is 12.2 Å². The lowest BCUT2D eigenvalue weighted by Crippen LogP contribution is -2.24. The maximum Gasteiger partial charge on any atom is 0.270 e. The van der Waals surface area contributed by atoms with E-state index in [9.17, 15) is 13.2 Å². The topological polar surface area (TPSA) is 89.9 Å². The number of para-hydroxylation sites is 1. The van der Waals surface area contributed by atoms with Gasteiger partial charge < -0.3 is 9.47 Å². The summed E-state index contributed by atoms with van der Waals surface area (Å²) in [6.07, 6.45) is 0.579. The van der Waals surface area contributed by atoms with Gasteiger partial charge in [0, 0.05) is 0 Å². The summed E-state index contributed by atoms with van der Waals surface area (Å²) in [5, 5.41) is -1.10. The van der Waals surface area contributed by atoms with E-state index < -0.39 is 15.4 Å². The fraction of sp³-hybridized carbons (Fsp3) is 0.364. The van der Waals surface area contributed by atoms with E-state index in [1.807, 2.05) is 0 Å². The average Bonchev–Trinajstić information content (AvgIpc) is 2.34. The van der Waals surface area contributed by atoms with Crippen LogP contribution in [0, 0.1) is 0 Å². The third-order valence-corrected chi connectivity index (χ3v) is 3.48. The molecule has 1 atom stereocenters. The van der Waals surface area contributed by atoms with E-state index in [-0.39, 0.29) is 17.9 Å². The summed E-state index contributed by atoms with van der Waals surface area (Å²) in [6.45, 7) is 1.02. The molecule has 0 heterocycles. The smallest absolute Gasteiger partial charge is 0.270 e. The van der Waals surface area contributed by atoms with Gasteiger partial charge in [-0.15, -0.1) is 0 Å². The van der Waals surface area contributed by atoms with Gasteiger partial charge in [-0.1, -0.05) is 6.07 Å². The fourth-order valence-electron chi connectivity index (χ4n) is 1.23. The zero-order valence-electron chi connectivity index (χ0n) is 9.99. The van der Waals surface area contributed by atoms with E-state index in [1.54, 1.807) is 12.1 Å². The lowest BCUT2D eigenvalue weighted by atomic mass is 10.2. The predicted octanol–water partition coefficient (Wildman–Crippen LogP) is 1.16. The van der Waals surface area contributed by atoms with Crippen LogP contribution >= 0.6 is 0 Å². The second kappa shape index (κ2) is 5.83. The summed E-state index contributed by atoms with van der Waals surface area (Å²) in [5.41, 5.74) is 0.247. The number of methoxy groups -OCH3 is 1. The van der Waals surface area contributed by atoms with E-state index in [0.717, 1.165) is 0 Å². The Morgan fingerprint density at radius 3 is 2.61 bits per heavy atom. The van der Waals surface area contributed by atoms with Crippen LogP contribution in [0.15, 0.2) is 18.2 Å². The zero-order chi connectivity index (χ0) is 13.8. The van der Waals surface area contributed by atoms with Crippen molar-refractivity contribution in [2.75, 3.05) is 13.7 Å². The van der Waals surface area contributed by atoms with E-state index in [2.05, 4.69) is 0 Å². The Labute approximate surface area is 105 Å². The molecule has 0 saturated heterocycles. The molecule has 0 aliphatic rings. The number of ether oxygens (including phenoxy) is 2. The van der Waals surface area contributed by atoms with Gasteiger partial charge in [0.05, 0.1) is 12.7 Å². The summed E-state index contributed by atoms with van der Waals surface area (Å²) in [6, 6.07) is 4.71. The van der Waals surface area contributed by atoms with Crippen molar-refractivity contribution in [3.05, 3.63) is 23.8 Å². The monoisotopic (exact) mass is 274 g/mol. The van der Waals surface area contributed by atoms with Crippen molar-refractivity contribution in [1.82, 2.24) is 0 Å². The highest BCUT2D eigenvalue weighted by molar-refractivity contribution is 7.86. The zero-order valence-corrected chi connectivity index (χ0v) is 10.8. The van der Waals surface area contributed by atoms with Crippen molar-refractivity contribution >= 4 is 16.4 Å². The minimum atomic E-state index is -4.17. The molecule has 0 saturated carbocycles. The summed E-state index contributed by atoms with van der Waals surface area (Å²) >= 11 is 0. The Hall–Kier alpha value is -1.60. The molecule has 100 valence electrons. The average molecular weight is 274 g/mol. The van der Waals surface area contributed by atoms with Gasteiger partial charge in [0.15, 0.2) is 17.8 Å². The van der Waals surface area contributed by atoms with Crippen molar-refractivity contribution in [3.63, 3.8) is 0 Å². The molecule has 1 aromatic carbocycles. The second-order valence-electron chi connectivity index (χ2n) is 3.63. The first-order chi connectivity index (χ1) is 8.40. The lowest BCUT2D eigenvalue weighted by molar-refractivity contribution is 0.111. The van der Waals surface area contributed by atoms with E-state index in [0.29, 0.717) is 12.0 Å². The van der Waals surface area contributed by atoms with Crippen LogP contribution in [0.2, 0.25) is 0 Å². The number of hydrogen-bond acceptors (Lipinski definition) is 5. The third kappa shape index (κ3) is 3.44. The predicted molar refractivity (Wildman–Crippen MR) is 64.9 cm³/mol. The maximum atomic E-state index is 10.8. The summed E-state index contributed by atoms with van der Waals surface area (Å²) in [7, 11) is -2.76. The molecule has 0 aromatic heterocycles. The fourth-order valence-corrected chi connectivity index (χ4v) is 1.47. The number of aldehydes is 1. The van der Waals surface area contributed by atoms with Gasteiger partial charge in [-0.3, -0.25) is 9.35 Å². The number of rotatable bonds is 6. The minimum absolute atomic E-state index is 0.158. The van der Waals surface area contributed by atoms with Crippen molar-refractivity contribution in [3.8, 4) is 11.5 Å². The van der Waals surface area contributed by atoms with Crippen molar-refractivity contribution in [1.29, 1.82) is 0 Å². The molecule has 18 heavy (non-hydrogen) atoms. The van der Waals surface area contributed by atoms with Crippen molar-refractivity contribution in [2.24, 2.45) is 0 Å². The standard InChI is InChI=1S/C11H14O6S/c1-8(18(13,14)15)7-17-11-9(6-12)4-3-5-10(11)16-2/h3-6,8H,7H2,1-2H3,(H,13,14,15). The quantitative estimate of drug-likeness (QED) is 0.618. The Bertz CT molecular complexity index is 522. The molecule has 1 N–H and O–H groups in total. The molecule has 1 unspecified atom stereocenters. The van der Waals surface area contributed by atoms with Crippen LogP contribution in [-0.2, 0) is 10.1 Å². The summed E-state index contributed by atoms with van der Waals surface area (Å²) < 4.78 is 40.7. The van der Waals surface area contributed by atoms with E-state index in [1.165, 1.54) is 20.1 Å². The Morgan fingerprint density at radius 1 is 1.44 bits per heavy atom. The van der Waals surface area contributed by atoms with Crippen LogP contribution < -0.4 is 9.47 Å². The maximum absolute atomic E-state index is 10.8. The SMILES string of the molecule is COc1cccc(C=O)c1OCC(C)S(=O)(=O)O. The van der Waals surface area contributed by atoms with Crippen LogP contribution in [0.3, 0.4) is 0 Å². The van der Waals surface area contributed by atoms with E-state index in [4.69, 9.17) is 14.0 Å². The van der Waals surface area contributed by atoms with Gasteiger partial charge in [0.25, 0.3) is 10.1 Å². The molecule has 0 amide bonds. The molecule has 0 fully saturated rings. The summed E-state index contributed by atoms with van der Waals surface area (Å²) in [5.74, 6) is 0.479. The van der Waals surface area contributed by atoms with Crippen LogP contribution in [0.4, 0.5) is 0 Å². The van der Waals surface area contributed by atoms with Gasteiger partial charge in [-0.05, 0) is 19.1 Å². The third-order valence-electron chi connectivity index (χ3n) is 2.33. The molecule has 0 aliphatic carbocycles. The first kappa shape index (κ1) is 14.5. The molecule has 6 nitrogen and oxygen atoms in total. The Balaban J connectivity index is 2.93. The van der Waals surface area contributed by atoms with E-state index >= 15 is 0 Å². The van der Waals surface area contributed by atoms with Gasteiger partial charge in [0.2, 0.25) is 0 Å². The second-order valence-corrected chi connectivity index (χ2v) is 5.47. The first-order valence-corrected chi connectivity index (χ1v) is 6.61. The highest BCUT2D eigenvalue weighted by Gasteiger charge is 2.19. The molecule has 0 bridgehead atoms. The number of carbonyl (C=O) groups excluding carboxylic acids is 1. The Kier molecular flexibility index (Phi) is 4.69. The number of hydrogen-bond donors (Lipinski definition) is 1. The lowest BCUT2D eigenvalue weighted by Gasteiger charge is -2.14. The Morgan fingerprint density at radius 2 is 2.11 bits per heavy atom. The normalized spacial score (nSPS) is 12.8. The first-order valence-electron chi connectivity index (χ1n) is 5.11. The molecular formula is C11H14O6S. The molecule has 0 aliphatic heterocycles. The van der Waals surface area contributed by atoms with Crippen LogP contribution in [-0.4, -0.2) is 38.2 Å². The minimum Gasteiger partial charge on any atom is -0.493 e. The van der Waals surface area contributed by atoms with Gasteiger partial charge in [-0.25, -0.2) is 0 Å². The van der Waals surface area contributed by atoms with Crippen LogP contribution in [0.5, 0.6) is 11.5 Å². The highest BCUT2D eigenvalue weighted by atomic mass is 32.2. The molecule has 0 radical (unpaired) electrons. The van der Waals surface area contributed by atoms with Gasteiger partial charge in [0.1, 0.15) is 11.9 Å². The highest BCUT2D eigenvalue weighted by Crippen LogP contribution is 2.30.